The van der Waals surface area contributed by atoms with Crippen molar-refractivity contribution in [1.82, 2.24) is 9.80 Å². The molecule has 1 aliphatic heterocycles. The number of piperazine rings is 1. The Kier molecular flexibility index (Phi) is 6.81. The first-order valence-electron chi connectivity index (χ1n) is 7.02. The summed E-state index contributed by atoms with van der Waals surface area (Å²) in [5.74, 6) is -2.41. The predicted octanol–water partition coefficient (Wildman–Crippen LogP) is 2.31. The molecular formula is C14H19F2N3OS2. The predicted molar refractivity (Wildman–Crippen MR) is 89.6 cm³/mol. The van der Waals surface area contributed by atoms with Gasteiger partial charge in [-0.05, 0) is 36.5 Å². The number of aliphatic hydroxyl groups is 1. The fourth-order valence-corrected chi connectivity index (χ4v) is 3.04. The van der Waals surface area contributed by atoms with E-state index in [1.807, 2.05) is 0 Å². The Morgan fingerprint density at radius 3 is 2.41 bits per heavy atom. The Morgan fingerprint density at radius 1 is 1.23 bits per heavy atom. The fourth-order valence-electron chi connectivity index (χ4n) is 2.24. The van der Waals surface area contributed by atoms with Crippen molar-refractivity contribution in [1.29, 1.82) is 0 Å². The van der Waals surface area contributed by atoms with E-state index >= 15 is 0 Å². The molecule has 0 aromatic heterocycles. The minimum absolute atomic E-state index is 0.172. The molecule has 0 saturated carbocycles. The number of nitrogens with one attached hydrogen (secondary N) is 1. The maximum atomic E-state index is 12.3. The Hall–Kier alpha value is -0.960. The van der Waals surface area contributed by atoms with Gasteiger partial charge in [0, 0.05) is 43.3 Å². The van der Waals surface area contributed by atoms with Gasteiger partial charge in [-0.2, -0.15) is 8.78 Å². The van der Waals surface area contributed by atoms with Crippen LogP contribution in [0.4, 0.5) is 14.5 Å². The lowest BCUT2D eigenvalue weighted by atomic mass is 10.3. The zero-order valence-corrected chi connectivity index (χ0v) is 13.7. The smallest absolute Gasteiger partial charge is 0.288 e. The molecule has 122 valence electrons. The molecule has 0 bridgehead atoms. The monoisotopic (exact) mass is 347 g/mol. The van der Waals surface area contributed by atoms with E-state index in [1.165, 1.54) is 0 Å². The maximum absolute atomic E-state index is 12.3. The zero-order valence-electron chi connectivity index (χ0n) is 12.0. The number of anilines is 1. The van der Waals surface area contributed by atoms with Crippen molar-refractivity contribution in [2.24, 2.45) is 0 Å². The highest BCUT2D eigenvalue weighted by atomic mass is 32.2. The third-order valence-electron chi connectivity index (χ3n) is 3.41. The van der Waals surface area contributed by atoms with E-state index in [0.717, 1.165) is 31.9 Å². The number of aliphatic hydroxyl groups excluding tert-OH is 1. The van der Waals surface area contributed by atoms with Crippen molar-refractivity contribution in [2.45, 2.75) is 10.7 Å². The molecule has 22 heavy (non-hydrogen) atoms. The highest BCUT2D eigenvalue weighted by molar-refractivity contribution is 7.99. The Labute approximate surface area is 138 Å². The molecule has 0 atom stereocenters. The topological polar surface area (TPSA) is 38.7 Å². The summed E-state index contributed by atoms with van der Waals surface area (Å²) in [6, 6.07) is 6.81. The number of thiocarbonyl (C=S) groups is 1. The fraction of sp³-hybridized carbons (Fsp3) is 0.500. The summed E-state index contributed by atoms with van der Waals surface area (Å²) >= 11 is 5.91. The highest BCUT2D eigenvalue weighted by Gasteiger charge is 2.18. The molecule has 1 fully saturated rings. The van der Waals surface area contributed by atoms with Crippen molar-refractivity contribution < 1.29 is 13.9 Å². The summed E-state index contributed by atoms with van der Waals surface area (Å²) < 4.78 is 24.5. The second-order valence-corrected chi connectivity index (χ2v) is 6.34. The highest BCUT2D eigenvalue weighted by Crippen LogP contribution is 2.26. The molecule has 1 heterocycles. The quantitative estimate of drug-likeness (QED) is 0.629. The van der Waals surface area contributed by atoms with Gasteiger partial charge in [0.15, 0.2) is 5.11 Å². The number of thioether (sulfide) groups is 1. The van der Waals surface area contributed by atoms with Gasteiger partial charge in [0.1, 0.15) is 0 Å². The van der Waals surface area contributed by atoms with Gasteiger partial charge in [-0.15, -0.1) is 0 Å². The molecule has 0 radical (unpaired) electrons. The number of nitrogens with zero attached hydrogens (tertiary/aromatic N) is 2. The van der Waals surface area contributed by atoms with Crippen LogP contribution in [0, 0.1) is 0 Å². The first kappa shape index (κ1) is 17.4. The Bertz CT molecular complexity index is 479. The van der Waals surface area contributed by atoms with Crippen LogP contribution in [0.15, 0.2) is 29.2 Å². The molecule has 0 aliphatic carbocycles. The van der Waals surface area contributed by atoms with Gasteiger partial charge in [-0.1, -0.05) is 11.8 Å². The third-order valence-corrected chi connectivity index (χ3v) is 4.49. The number of benzene rings is 1. The summed E-state index contributed by atoms with van der Waals surface area (Å²) in [7, 11) is 0. The lowest BCUT2D eigenvalue weighted by Crippen LogP contribution is -2.50. The lowest BCUT2D eigenvalue weighted by molar-refractivity contribution is 0.148. The van der Waals surface area contributed by atoms with E-state index in [2.05, 4.69) is 15.1 Å². The number of hydrogen-bond donors (Lipinski definition) is 2. The number of hydrogen-bond acceptors (Lipinski definition) is 4. The Morgan fingerprint density at radius 2 is 1.86 bits per heavy atom. The standard InChI is InChI=1S/C14H19F2N3OS2/c15-13(16)22-12-3-1-11(2-4-12)17-14(21)19-7-5-18(6-8-19)9-10-20/h1-4,13,20H,5-10H2,(H,17,21). The van der Waals surface area contributed by atoms with Gasteiger partial charge in [-0.3, -0.25) is 4.90 Å². The van der Waals surface area contributed by atoms with Crippen molar-refractivity contribution in [2.75, 3.05) is 44.6 Å². The second kappa shape index (κ2) is 8.61. The minimum Gasteiger partial charge on any atom is -0.395 e. The minimum atomic E-state index is -2.41. The average Bonchev–Trinajstić information content (AvgIpc) is 2.50. The SMILES string of the molecule is OCCN1CCN(C(=S)Nc2ccc(SC(F)F)cc2)CC1. The zero-order chi connectivity index (χ0) is 15.9. The molecule has 1 saturated heterocycles. The van der Waals surface area contributed by atoms with Crippen molar-refractivity contribution >= 4 is 34.8 Å². The second-order valence-electron chi connectivity index (χ2n) is 4.89. The van der Waals surface area contributed by atoms with Gasteiger partial charge >= 0.3 is 0 Å². The molecule has 8 heteroatoms. The largest absolute Gasteiger partial charge is 0.395 e. The average molecular weight is 347 g/mol. The third kappa shape index (κ3) is 5.35. The molecule has 1 aliphatic rings. The van der Waals surface area contributed by atoms with Crippen LogP contribution in [0.5, 0.6) is 0 Å². The van der Waals surface area contributed by atoms with Gasteiger partial charge in [0.05, 0.1) is 6.61 Å². The van der Waals surface area contributed by atoms with Crippen molar-refractivity contribution in [3.8, 4) is 0 Å². The summed E-state index contributed by atoms with van der Waals surface area (Å²) in [5, 5.41) is 12.7. The number of halogens is 2. The van der Waals surface area contributed by atoms with E-state index in [9.17, 15) is 8.78 Å². The first-order valence-corrected chi connectivity index (χ1v) is 8.31. The van der Waals surface area contributed by atoms with Crippen LogP contribution in [0.2, 0.25) is 0 Å². The number of rotatable bonds is 5. The van der Waals surface area contributed by atoms with Crippen LogP contribution in [-0.4, -0.2) is 65.1 Å². The lowest BCUT2D eigenvalue weighted by Gasteiger charge is -2.35. The van der Waals surface area contributed by atoms with Crippen LogP contribution < -0.4 is 5.32 Å². The summed E-state index contributed by atoms with van der Waals surface area (Å²) in [4.78, 5) is 4.80. The summed E-state index contributed by atoms with van der Waals surface area (Å²) in [5.41, 5.74) is 0.793. The van der Waals surface area contributed by atoms with E-state index in [-0.39, 0.29) is 6.61 Å². The van der Waals surface area contributed by atoms with Crippen LogP contribution in [0.25, 0.3) is 0 Å². The molecule has 1 aromatic rings. The Balaban J connectivity index is 1.82. The van der Waals surface area contributed by atoms with E-state index in [0.29, 0.717) is 28.3 Å². The van der Waals surface area contributed by atoms with Crippen LogP contribution in [0.1, 0.15) is 0 Å². The van der Waals surface area contributed by atoms with Gasteiger partial charge < -0.3 is 15.3 Å². The van der Waals surface area contributed by atoms with E-state index in [4.69, 9.17) is 17.3 Å². The number of alkyl halides is 2. The molecule has 2 rings (SSSR count). The normalized spacial score (nSPS) is 16.1. The van der Waals surface area contributed by atoms with Gasteiger partial charge in [0.25, 0.3) is 5.76 Å². The molecule has 2 N–H and O–H groups in total. The molecule has 1 aromatic carbocycles. The van der Waals surface area contributed by atoms with Gasteiger partial charge in [-0.25, -0.2) is 0 Å². The number of β-amino-alcohol motifs (C(OH)–C–C–N with tert-alkyl or cyclic N) is 1. The van der Waals surface area contributed by atoms with Gasteiger partial charge in [0.2, 0.25) is 0 Å². The van der Waals surface area contributed by atoms with Crippen LogP contribution >= 0.6 is 24.0 Å². The summed E-state index contributed by atoms with van der Waals surface area (Å²) in [6.07, 6.45) is 0. The molecule has 4 nitrogen and oxygen atoms in total. The van der Waals surface area contributed by atoms with Crippen molar-refractivity contribution in [3.63, 3.8) is 0 Å². The summed E-state index contributed by atoms with van der Waals surface area (Å²) in [6.45, 7) is 4.22. The van der Waals surface area contributed by atoms with Crippen LogP contribution in [0.3, 0.4) is 0 Å². The molecule has 0 spiro atoms. The molecule has 0 amide bonds. The molecule has 0 unspecified atom stereocenters. The van der Waals surface area contributed by atoms with E-state index in [1.54, 1.807) is 24.3 Å². The first-order chi connectivity index (χ1) is 10.6. The van der Waals surface area contributed by atoms with Crippen molar-refractivity contribution in [3.05, 3.63) is 24.3 Å². The van der Waals surface area contributed by atoms with E-state index < -0.39 is 5.76 Å². The molecular weight excluding hydrogens is 328 g/mol. The maximum Gasteiger partial charge on any atom is 0.288 e. The van der Waals surface area contributed by atoms with Crippen LogP contribution in [-0.2, 0) is 0 Å².